The average Bonchev–Trinajstić information content (AvgIpc) is 2.97. The van der Waals surface area contributed by atoms with Crippen molar-refractivity contribution in [3.8, 4) is 0 Å². The van der Waals surface area contributed by atoms with Crippen LogP contribution in [-0.4, -0.2) is 12.3 Å². The molecule has 9 atom stereocenters. The van der Waals surface area contributed by atoms with E-state index < -0.39 is 0 Å². The molecule has 0 aliphatic heterocycles. The van der Waals surface area contributed by atoms with E-state index in [1.54, 1.807) is 0 Å². The van der Waals surface area contributed by atoms with E-state index in [0.717, 1.165) is 48.7 Å². The van der Waals surface area contributed by atoms with Gasteiger partial charge in [0.1, 0.15) is 6.29 Å². The molecule has 0 radical (unpaired) electrons. The van der Waals surface area contributed by atoms with Crippen LogP contribution in [0, 0.1) is 46.3 Å². The lowest BCUT2D eigenvalue weighted by Gasteiger charge is -2.61. The molecule has 4 fully saturated rings. The van der Waals surface area contributed by atoms with E-state index in [-0.39, 0.29) is 0 Å². The van der Waals surface area contributed by atoms with Crippen LogP contribution in [0.15, 0.2) is 0 Å². The van der Waals surface area contributed by atoms with Crippen molar-refractivity contribution >= 4 is 6.29 Å². The molecule has 4 aliphatic rings. The molecule has 2 unspecified atom stereocenters. The number of rotatable bonds is 4. The van der Waals surface area contributed by atoms with Crippen LogP contribution in [-0.2, 0) is 4.79 Å². The predicted octanol–water partition coefficient (Wildman–Crippen LogP) is 5.59. The second-order valence-corrected chi connectivity index (χ2v) is 11.1. The second kappa shape index (κ2) is 6.90. The molecule has 0 aromatic carbocycles. The van der Waals surface area contributed by atoms with Crippen molar-refractivity contribution in [3.63, 3.8) is 0 Å². The Balaban J connectivity index is 1.53. The maximum Gasteiger partial charge on any atom is 0.120 e. The maximum absolute atomic E-state index is 10.9. The smallest absolute Gasteiger partial charge is 0.120 e. The summed E-state index contributed by atoms with van der Waals surface area (Å²) in [6.07, 6.45) is 15.5. The van der Waals surface area contributed by atoms with Gasteiger partial charge in [-0.1, -0.05) is 20.8 Å². The molecule has 0 saturated heterocycles. The van der Waals surface area contributed by atoms with Crippen molar-refractivity contribution < 1.29 is 4.79 Å². The third kappa shape index (κ3) is 2.81. The molecule has 4 aliphatic carbocycles. The first kappa shape index (κ1) is 19.0. The zero-order chi connectivity index (χ0) is 18.5. The minimum absolute atomic E-state index is 0.466. The summed E-state index contributed by atoms with van der Waals surface area (Å²) in [7, 11) is 0. The number of nitrogens with two attached hydrogens (primary N) is 1. The fraction of sp³-hybridized carbons (Fsp3) is 0.958. The average molecular weight is 360 g/mol. The summed E-state index contributed by atoms with van der Waals surface area (Å²) in [6.45, 7) is 7.70. The van der Waals surface area contributed by atoms with Crippen LogP contribution in [0.25, 0.3) is 0 Å². The molecule has 0 heterocycles. The molecule has 4 saturated carbocycles. The monoisotopic (exact) mass is 359 g/mol. The van der Waals surface area contributed by atoms with Gasteiger partial charge in [0.15, 0.2) is 0 Å². The number of fused-ring (bicyclic) bond motifs is 5. The van der Waals surface area contributed by atoms with E-state index in [9.17, 15) is 4.79 Å². The minimum atomic E-state index is 0.466. The van der Waals surface area contributed by atoms with Gasteiger partial charge in [-0.25, -0.2) is 0 Å². The van der Waals surface area contributed by atoms with Crippen LogP contribution in [0.1, 0.15) is 91.4 Å². The van der Waals surface area contributed by atoms with Gasteiger partial charge in [-0.2, -0.15) is 0 Å². The number of hydrogen-bond donors (Lipinski definition) is 1. The minimum Gasteiger partial charge on any atom is -0.328 e. The van der Waals surface area contributed by atoms with Crippen LogP contribution in [0.2, 0.25) is 0 Å². The molecule has 2 nitrogen and oxygen atoms in total. The molecule has 2 heteroatoms. The molecule has 4 rings (SSSR count). The molecule has 26 heavy (non-hydrogen) atoms. The van der Waals surface area contributed by atoms with Crippen molar-refractivity contribution in [2.24, 2.45) is 52.1 Å². The standard InChI is InChI=1S/C24H41NO/c1-16(5-4-14-26)20-8-9-21-19-7-6-17-15-18(25)10-12-23(17,2)22(19)11-13-24(20,21)3/h14,16-22H,4-13,15,25H2,1-3H3/t16-,17?,18?,19+,20-,21+,22+,23+,24-/m1/s1. The Morgan fingerprint density at radius 2 is 1.73 bits per heavy atom. The summed E-state index contributed by atoms with van der Waals surface area (Å²) in [4.78, 5) is 10.9. The maximum atomic E-state index is 10.9. The quantitative estimate of drug-likeness (QED) is 0.665. The fourth-order valence-corrected chi connectivity index (χ4v) is 8.80. The zero-order valence-corrected chi connectivity index (χ0v) is 17.4. The number of hydrogen-bond acceptors (Lipinski definition) is 2. The first-order valence-corrected chi connectivity index (χ1v) is 11.6. The molecule has 0 bridgehead atoms. The Bertz CT molecular complexity index is 532. The molecule has 148 valence electrons. The van der Waals surface area contributed by atoms with E-state index in [4.69, 9.17) is 5.73 Å². The summed E-state index contributed by atoms with van der Waals surface area (Å²) >= 11 is 0. The van der Waals surface area contributed by atoms with Gasteiger partial charge in [0, 0.05) is 12.5 Å². The number of carbonyl (C=O) groups excluding carboxylic acids is 1. The van der Waals surface area contributed by atoms with Gasteiger partial charge >= 0.3 is 0 Å². The van der Waals surface area contributed by atoms with Crippen molar-refractivity contribution in [1.29, 1.82) is 0 Å². The van der Waals surface area contributed by atoms with Gasteiger partial charge in [0.05, 0.1) is 0 Å². The van der Waals surface area contributed by atoms with Gasteiger partial charge in [-0.3, -0.25) is 0 Å². The van der Waals surface area contributed by atoms with Crippen LogP contribution < -0.4 is 5.73 Å². The van der Waals surface area contributed by atoms with Crippen molar-refractivity contribution in [2.45, 2.75) is 97.4 Å². The second-order valence-electron chi connectivity index (χ2n) is 11.1. The lowest BCUT2D eigenvalue weighted by molar-refractivity contribution is -0.117. The Morgan fingerprint density at radius 3 is 2.50 bits per heavy atom. The summed E-state index contributed by atoms with van der Waals surface area (Å²) in [5.74, 6) is 5.31. The molecule has 0 amide bonds. The highest BCUT2D eigenvalue weighted by Crippen LogP contribution is 2.68. The first-order valence-electron chi connectivity index (χ1n) is 11.6. The predicted molar refractivity (Wildman–Crippen MR) is 108 cm³/mol. The Hall–Kier alpha value is -0.370. The highest BCUT2D eigenvalue weighted by molar-refractivity contribution is 5.49. The largest absolute Gasteiger partial charge is 0.328 e. The molecule has 0 spiro atoms. The fourth-order valence-electron chi connectivity index (χ4n) is 8.80. The van der Waals surface area contributed by atoms with E-state index >= 15 is 0 Å². The highest BCUT2D eigenvalue weighted by Gasteiger charge is 2.60. The molecule has 2 N–H and O–H groups in total. The third-order valence-corrected chi connectivity index (χ3v) is 10.2. The lowest BCUT2D eigenvalue weighted by Crippen LogP contribution is -2.54. The van der Waals surface area contributed by atoms with Crippen molar-refractivity contribution in [1.82, 2.24) is 0 Å². The van der Waals surface area contributed by atoms with E-state index in [1.807, 2.05) is 0 Å². The van der Waals surface area contributed by atoms with Gasteiger partial charge in [0.25, 0.3) is 0 Å². The lowest BCUT2D eigenvalue weighted by atomic mass is 9.44. The Kier molecular flexibility index (Phi) is 5.04. The number of aldehydes is 1. The van der Waals surface area contributed by atoms with Crippen LogP contribution >= 0.6 is 0 Å². The molecule has 0 aromatic heterocycles. The Labute approximate surface area is 161 Å². The molecular formula is C24H41NO. The van der Waals surface area contributed by atoms with E-state index in [0.29, 0.717) is 22.8 Å². The van der Waals surface area contributed by atoms with E-state index in [1.165, 1.54) is 57.8 Å². The van der Waals surface area contributed by atoms with Crippen LogP contribution in [0.4, 0.5) is 0 Å². The van der Waals surface area contributed by atoms with Gasteiger partial charge < -0.3 is 10.5 Å². The Morgan fingerprint density at radius 1 is 1.00 bits per heavy atom. The zero-order valence-electron chi connectivity index (χ0n) is 17.4. The normalized spacial score (nSPS) is 51.8. The summed E-state index contributed by atoms with van der Waals surface area (Å²) < 4.78 is 0. The summed E-state index contributed by atoms with van der Waals surface area (Å²) in [5.41, 5.74) is 7.45. The number of carbonyl (C=O) groups is 1. The van der Waals surface area contributed by atoms with E-state index in [2.05, 4.69) is 20.8 Å². The van der Waals surface area contributed by atoms with Gasteiger partial charge in [-0.15, -0.1) is 0 Å². The van der Waals surface area contributed by atoms with Crippen molar-refractivity contribution in [2.75, 3.05) is 0 Å². The van der Waals surface area contributed by atoms with Crippen molar-refractivity contribution in [3.05, 3.63) is 0 Å². The summed E-state index contributed by atoms with van der Waals surface area (Å²) in [5, 5.41) is 0. The first-order chi connectivity index (χ1) is 12.4. The molecular weight excluding hydrogens is 318 g/mol. The highest BCUT2D eigenvalue weighted by atomic mass is 16.1. The third-order valence-electron chi connectivity index (χ3n) is 10.2. The van der Waals surface area contributed by atoms with Crippen LogP contribution in [0.3, 0.4) is 0 Å². The van der Waals surface area contributed by atoms with Gasteiger partial charge in [0.2, 0.25) is 0 Å². The topological polar surface area (TPSA) is 43.1 Å². The SMILES string of the molecule is C[C@H](CCC=O)[C@H]1CC[C@H]2[C@@H]3CCC4CC(N)CC[C@]4(C)[C@H]3CC[C@]12C. The molecule has 0 aromatic rings. The summed E-state index contributed by atoms with van der Waals surface area (Å²) in [6, 6.07) is 0.466. The van der Waals surface area contributed by atoms with Gasteiger partial charge in [-0.05, 0) is 111 Å². The van der Waals surface area contributed by atoms with Crippen LogP contribution in [0.5, 0.6) is 0 Å².